The van der Waals surface area contributed by atoms with Gasteiger partial charge in [0.15, 0.2) is 5.16 Å². The van der Waals surface area contributed by atoms with Crippen LogP contribution in [0.2, 0.25) is 0 Å². The van der Waals surface area contributed by atoms with Gasteiger partial charge < -0.3 is 4.57 Å². The van der Waals surface area contributed by atoms with Gasteiger partial charge in [-0.15, -0.1) is 11.3 Å². The van der Waals surface area contributed by atoms with E-state index in [9.17, 15) is 18.0 Å². The van der Waals surface area contributed by atoms with Gasteiger partial charge in [-0.05, 0) is 36.6 Å². The second kappa shape index (κ2) is 10.5. The quantitative estimate of drug-likeness (QED) is 0.349. The summed E-state index contributed by atoms with van der Waals surface area (Å²) in [6.45, 7) is 6.94. The first kappa shape index (κ1) is 24.2. The highest BCUT2D eigenvalue weighted by Crippen LogP contribution is 2.27. The average molecular weight is 496 g/mol. The highest BCUT2D eigenvalue weighted by atomic mass is 32.2. The van der Waals surface area contributed by atoms with Crippen molar-refractivity contribution >= 4 is 56.0 Å². The topological polar surface area (TPSA) is 113 Å². The Morgan fingerprint density at radius 1 is 1.16 bits per heavy atom. The number of thioether (sulfide) groups is 1. The maximum atomic E-state index is 12.8. The van der Waals surface area contributed by atoms with Gasteiger partial charge in [0, 0.05) is 19.6 Å². The van der Waals surface area contributed by atoms with Crippen LogP contribution in [0, 0.1) is 0 Å². The molecular formula is C20H25N5O4S3. The molecule has 0 bridgehead atoms. The number of aryl methyl sites for hydroxylation is 1. The number of sulfonamides is 1. The molecule has 9 nitrogen and oxygen atoms in total. The van der Waals surface area contributed by atoms with Crippen molar-refractivity contribution in [3.8, 4) is 0 Å². The Morgan fingerprint density at radius 3 is 2.53 bits per heavy atom. The van der Waals surface area contributed by atoms with Crippen molar-refractivity contribution in [2.24, 2.45) is 0 Å². The van der Waals surface area contributed by atoms with E-state index in [1.54, 1.807) is 49.6 Å². The van der Waals surface area contributed by atoms with E-state index in [4.69, 9.17) is 0 Å². The minimum atomic E-state index is -3.59. The Kier molecular flexibility index (Phi) is 7.93. The summed E-state index contributed by atoms with van der Waals surface area (Å²) in [5.74, 6) is -0.709. The standard InChI is InChI=1S/C20H25N5O4S3/c1-4-24(5-2)32(28,29)14-9-10-16-15(12-14)21-20(25(16)6-3)31-13-18(26)22-23-19(27)17-8-7-11-30-17/h7-12H,4-6,13H2,1-3H3,(H,22,26)(H,23,27). The van der Waals surface area contributed by atoms with Crippen molar-refractivity contribution < 1.29 is 18.0 Å². The number of hydrogen-bond acceptors (Lipinski definition) is 7. The molecule has 0 spiro atoms. The van der Waals surface area contributed by atoms with E-state index in [1.807, 2.05) is 11.5 Å². The molecule has 0 radical (unpaired) electrons. The first-order valence-electron chi connectivity index (χ1n) is 10.1. The van der Waals surface area contributed by atoms with Crippen molar-refractivity contribution in [3.05, 3.63) is 40.6 Å². The molecule has 3 aromatic rings. The second-order valence-electron chi connectivity index (χ2n) is 6.65. The summed E-state index contributed by atoms with van der Waals surface area (Å²) in [5.41, 5.74) is 6.12. The van der Waals surface area contributed by atoms with E-state index in [0.29, 0.717) is 35.2 Å². The number of amides is 2. The molecule has 1 aromatic carbocycles. The Hall–Kier alpha value is -2.41. The molecule has 2 amide bonds. The maximum absolute atomic E-state index is 12.8. The van der Waals surface area contributed by atoms with Gasteiger partial charge in [-0.2, -0.15) is 4.31 Å². The number of thiophene rings is 1. The molecule has 0 atom stereocenters. The van der Waals surface area contributed by atoms with Gasteiger partial charge in [0.05, 0.1) is 26.6 Å². The third kappa shape index (κ3) is 5.14. The molecule has 0 saturated heterocycles. The van der Waals surface area contributed by atoms with Crippen LogP contribution in [0.1, 0.15) is 30.4 Å². The molecule has 3 rings (SSSR count). The Morgan fingerprint density at radius 2 is 1.91 bits per heavy atom. The molecule has 2 heterocycles. The fraction of sp³-hybridized carbons (Fsp3) is 0.350. The SMILES string of the molecule is CCN(CC)S(=O)(=O)c1ccc2c(c1)nc(SCC(=O)NNC(=O)c1cccs1)n2CC. The molecular weight excluding hydrogens is 470 g/mol. The first-order valence-corrected chi connectivity index (χ1v) is 13.4. The average Bonchev–Trinajstić information content (AvgIpc) is 3.43. The van der Waals surface area contributed by atoms with Crippen LogP contribution in [-0.2, 0) is 21.4 Å². The molecule has 0 fully saturated rings. The van der Waals surface area contributed by atoms with Crippen LogP contribution >= 0.6 is 23.1 Å². The molecule has 0 saturated carbocycles. The van der Waals surface area contributed by atoms with Crippen molar-refractivity contribution in [3.63, 3.8) is 0 Å². The van der Waals surface area contributed by atoms with Crippen molar-refractivity contribution in [2.45, 2.75) is 37.4 Å². The number of rotatable bonds is 9. The number of hydrogen-bond donors (Lipinski definition) is 2. The van der Waals surface area contributed by atoms with Gasteiger partial charge in [0.1, 0.15) is 0 Å². The number of imidazole rings is 1. The number of fused-ring (bicyclic) bond motifs is 1. The zero-order valence-electron chi connectivity index (χ0n) is 18.0. The van der Waals surface area contributed by atoms with E-state index in [1.165, 1.54) is 27.4 Å². The minimum Gasteiger partial charge on any atom is -0.319 e. The summed E-state index contributed by atoms with van der Waals surface area (Å²) in [6, 6.07) is 8.32. The summed E-state index contributed by atoms with van der Waals surface area (Å²) >= 11 is 2.49. The lowest BCUT2D eigenvalue weighted by atomic mass is 10.3. The summed E-state index contributed by atoms with van der Waals surface area (Å²) in [5, 5.41) is 2.38. The van der Waals surface area contributed by atoms with E-state index >= 15 is 0 Å². The third-order valence-electron chi connectivity index (χ3n) is 4.74. The molecule has 0 aliphatic heterocycles. The molecule has 12 heteroatoms. The molecule has 0 unspecified atom stereocenters. The largest absolute Gasteiger partial charge is 0.319 e. The van der Waals surface area contributed by atoms with Crippen molar-refractivity contribution in [1.82, 2.24) is 24.7 Å². The fourth-order valence-electron chi connectivity index (χ4n) is 3.14. The second-order valence-corrected chi connectivity index (χ2v) is 10.5. The Bertz CT molecular complexity index is 1200. The lowest BCUT2D eigenvalue weighted by molar-refractivity contribution is -0.119. The van der Waals surface area contributed by atoms with E-state index in [-0.39, 0.29) is 22.5 Å². The number of benzene rings is 1. The summed E-state index contributed by atoms with van der Waals surface area (Å²) in [6.07, 6.45) is 0. The van der Waals surface area contributed by atoms with Crippen molar-refractivity contribution in [2.75, 3.05) is 18.8 Å². The lowest BCUT2D eigenvalue weighted by Gasteiger charge is -2.18. The molecule has 0 aliphatic carbocycles. The van der Waals surface area contributed by atoms with Crippen LogP contribution in [0.25, 0.3) is 11.0 Å². The third-order valence-corrected chi connectivity index (χ3v) is 8.63. The number of hydrazine groups is 1. The van der Waals surface area contributed by atoms with Gasteiger partial charge in [0.2, 0.25) is 15.9 Å². The van der Waals surface area contributed by atoms with Gasteiger partial charge in [-0.3, -0.25) is 20.4 Å². The van der Waals surface area contributed by atoms with Gasteiger partial charge in [-0.1, -0.05) is 31.7 Å². The Balaban J connectivity index is 1.72. The van der Waals surface area contributed by atoms with Crippen LogP contribution in [0.3, 0.4) is 0 Å². The number of nitrogens with one attached hydrogen (secondary N) is 2. The number of carbonyl (C=O) groups is 2. The van der Waals surface area contributed by atoms with Gasteiger partial charge >= 0.3 is 0 Å². The smallest absolute Gasteiger partial charge is 0.279 e. The summed E-state index contributed by atoms with van der Waals surface area (Å²) in [7, 11) is -3.59. The van der Waals surface area contributed by atoms with Crippen LogP contribution in [0.4, 0.5) is 0 Å². The molecule has 2 N–H and O–H groups in total. The van der Waals surface area contributed by atoms with Crippen LogP contribution < -0.4 is 10.9 Å². The fourth-order valence-corrected chi connectivity index (χ4v) is 6.11. The maximum Gasteiger partial charge on any atom is 0.279 e. The molecule has 172 valence electrons. The van der Waals surface area contributed by atoms with E-state index in [2.05, 4.69) is 15.8 Å². The Labute approximate surface area is 195 Å². The number of aromatic nitrogens is 2. The highest BCUT2D eigenvalue weighted by molar-refractivity contribution is 7.99. The normalized spacial score (nSPS) is 11.8. The predicted molar refractivity (Wildman–Crippen MR) is 126 cm³/mol. The summed E-state index contributed by atoms with van der Waals surface area (Å²) < 4.78 is 29.0. The molecule has 2 aromatic heterocycles. The zero-order chi connectivity index (χ0) is 23.3. The summed E-state index contributed by atoms with van der Waals surface area (Å²) in [4.78, 5) is 29.3. The van der Waals surface area contributed by atoms with Gasteiger partial charge in [0.25, 0.3) is 5.91 Å². The van der Waals surface area contributed by atoms with Crippen LogP contribution in [-0.4, -0.2) is 52.9 Å². The van der Waals surface area contributed by atoms with Crippen LogP contribution in [0.15, 0.2) is 45.8 Å². The van der Waals surface area contributed by atoms with Gasteiger partial charge in [-0.25, -0.2) is 13.4 Å². The number of carbonyl (C=O) groups excluding carboxylic acids is 2. The number of nitrogens with zero attached hydrogens (tertiary/aromatic N) is 3. The zero-order valence-corrected chi connectivity index (χ0v) is 20.4. The lowest BCUT2D eigenvalue weighted by Crippen LogP contribution is -2.42. The minimum absolute atomic E-state index is 0.0403. The monoisotopic (exact) mass is 495 g/mol. The first-order chi connectivity index (χ1) is 15.3. The van der Waals surface area contributed by atoms with Crippen molar-refractivity contribution in [1.29, 1.82) is 0 Å². The highest BCUT2D eigenvalue weighted by Gasteiger charge is 2.23. The molecule has 32 heavy (non-hydrogen) atoms. The van der Waals surface area contributed by atoms with Crippen LogP contribution in [0.5, 0.6) is 0 Å². The molecule has 0 aliphatic rings. The van der Waals surface area contributed by atoms with E-state index in [0.717, 1.165) is 5.52 Å². The predicted octanol–water partition coefficient (Wildman–Crippen LogP) is 2.70. The van der Waals surface area contributed by atoms with E-state index < -0.39 is 10.0 Å².